The molecule has 0 fully saturated rings. The molecule has 0 saturated heterocycles. The Kier molecular flexibility index (Phi) is 2.57. The van der Waals surface area contributed by atoms with Gasteiger partial charge in [-0.15, -0.1) is 11.6 Å². The molecule has 17 heavy (non-hydrogen) atoms. The Balaban J connectivity index is 2.07. The van der Waals surface area contributed by atoms with Crippen LogP contribution in [0.1, 0.15) is 5.56 Å². The van der Waals surface area contributed by atoms with Crippen molar-refractivity contribution in [2.75, 3.05) is 0 Å². The van der Waals surface area contributed by atoms with E-state index < -0.39 is 0 Å². The van der Waals surface area contributed by atoms with Gasteiger partial charge in [-0.05, 0) is 29.8 Å². The molecule has 2 nitrogen and oxygen atoms in total. The van der Waals surface area contributed by atoms with Crippen molar-refractivity contribution in [1.29, 1.82) is 0 Å². The smallest absolute Gasteiger partial charge is 0.227 e. The number of alkyl halides is 1. The lowest BCUT2D eigenvalue weighted by Gasteiger charge is -1.97. The third-order valence-electron chi connectivity index (χ3n) is 2.65. The molecule has 3 heteroatoms. The zero-order chi connectivity index (χ0) is 11.7. The van der Waals surface area contributed by atoms with Crippen LogP contribution in [-0.2, 0) is 5.88 Å². The lowest BCUT2D eigenvalue weighted by molar-refractivity contribution is 0.620. The maximum absolute atomic E-state index is 5.75. The van der Waals surface area contributed by atoms with Crippen LogP contribution in [0.25, 0.3) is 22.6 Å². The number of fused-ring (bicyclic) bond motifs is 1. The van der Waals surface area contributed by atoms with Gasteiger partial charge in [0.2, 0.25) is 5.89 Å². The summed E-state index contributed by atoms with van der Waals surface area (Å²) in [5.74, 6) is 1.17. The standard InChI is InChI=1S/C14H10ClNO/c15-9-10-5-7-11(8-6-10)14-16-12-3-1-2-4-13(12)17-14/h1-8H,9H2. The maximum atomic E-state index is 5.75. The fourth-order valence-electron chi connectivity index (χ4n) is 1.73. The SMILES string of the molecule is ClCc1ccc(-c2nc3ccccc3o2)cc1. The first-order valence-electron chi connectivity index (χ1n) is 5.37. The van der Waals surface area contributed by atoms with E-state index in [2.05, 4.69) is 4.98 Å². The van der Waals surface area contributed by atoms with E-state index >= 15 is 0 Å². The summed E-state index contributed by atoms with van der Waals surface area (Å²) in [5, 5.41) is 0. The predicted molar refractivity (Wildman–Crippen MR) is 69.0 cm³/mol. The first kappa shape index (κ1) is 10.4. The second-order valence-electron chi connectivity index (χ2n) is 3.82. The molecule has 0 N–H and O–H groups in total. The van der Waals surface area contributed by atoms with Crippen molar-refractivity contribution in [3.63, 3.8) is 0 Å². The van der Waals surface area contributed by atoms with Crippen molar-refractivity contribution >= 4 is 22.7 Å². The molecule has 0 aliphatic carbocycles. The molecule has 1 aromatic heterocycles. The molecule has 0 bridgehead atoms. The molecule has 1 heterocycles. The summed E-state index contributed by atoms with van der Waals surface area (Å²) in [7, 11) is 0. The van der Waals surface area contributed by atoms with Gasteiger partial charge in [0.05, 0.1) is 0 Å². The van der Waals surface area contributed by atoms with Gasteiger partial charge in [0.25, 0.3) is 0 Å². The normalized spacial score (nSPS) is 10.9. The van der Waals surface area contributed by atoms with Gasteiger partial charge >= 0.3 is 0 Å². The molecule has 0 aliphatic heterocycles. The van der Waals surface area contributed by atoms with Crippen LogP contribution in [0.2, 0.25) is 0 Å². The van der Waals surface area contributed by atoms with Gasteiger partial charge in [-0.1, -0.05) is 24.3 Å². The maximum Gasteiger partial charge on any atom is 0.227 e. The van der Waals surface area contributed by atoms with Gasteiger partial charge in [-0.25, -0.2) is 4.98 Å². The molecular weight excluding hydrogens is 234 g/mol. The Labute approximate surface area is 104 Å². The number of aromatic nitrogens is 1. The van der Waals surface area contributed by atoms with Crippen LogP contribution in [0.3, 0.4) is 0 Å². The zero-order valence-corrected chi connectivity index (χ0v) is 9.82. The molecule has 0 spiro atoms. The van der Waals surface area contributed by atoms with Gasteiger partial charge in [-0.3, -0.25) is 0 Å². The van der Waals surface area contributed by atoms with Crippen molar-refractivity contribution in [3.8, 4) is 11.5 Å². The molecule has 0 amide bonds. The molecule has 0 unspecified atom stereocenters. The topological polar surface area (TPSA) is 26.0 Å². The Hall–Kier alpha value is -1.80. The van der Waals surface area contributed by atoms with E-state index in [-0.39, 0.29) is 0 Å². The second kappa shape index (κ2) is 4.22. The number of halogens is 1. The molecule has 0 atom stereocenters. The molecule has 0 radical (unpaired) electrons. The number of benzene rings is 2. The van der Waals surface area contributed by atoms with E-state index in [1.54, 1.807) is 0 Å². The Bertz CT molecular complexity index is 610. The van der Waals surface area contributed by atoms with Crippen LogP contribution in [-0.4, -0.2) is 4.98 Å². The minimum Gasteiger partial charge on any atom is -0.436 e. The predicted octanol–water partition coefficient (Wildman–Crippen LogP) is 4.23. The Morgan fingerprint density at radius 2 is 1.76 bits per heavy atom. The van der Waals surface area contributed by atoms with Gasteiger partial charge < -0.3 is 4.42 Å². The first-order valence-corrected chi connectivity index (χ1v) is 5.91. The number of hydrogen-bond acceptors (Lipinski definition) is 2. The minimum absolute atomic E-state index is 0.522. The highest BCUT2D eigenvalue weighted by Gasteiger charge is 2.06. The number of rotatable bonds is 2. The molecule has 0 saturated carbocycles. The highest BCUT2D eigenvalue weighted by molar-refractivity contribution is 6.17. The quantitative estimate of drug-likeness (QED) is 0.630. The molecule has 0 aliphatic rings. The van der Waals surface area contributed by atoms with Gasteiger partial charge in [-0.2, -0.15) is 0 Å². The lowest BCUT2D eigenvalue weighted by atomic mass is 10.1. The van der Waals surface area contributed by atoms with E-state index in [1.807, 2.05) is 48.5 Å². The summed E-state index contributed by atoms with van der Waals surface area (Å²) in [5.41, 5.74) is 3.74. The van der Waals surface area contributed by atoms with Crippen molar-refractivity contribution in [2.24, 2.45) is 0 Å². The molecule has 3 rings (SSSR count). The lowest BCUT2D eigenvalue weighted by Crippen LogP contribution is -1.79. The average Bonchev–Trinajstić information content (AvgIpc) is 2.82. The fraction of sp³-hybridized carbons (Fsp3) is 0.0714. The summed E-state index contributed by atoms with van der Waals surface area (Å²) >= 11 is 5.75. The Morgan fingerprint density at radius 3 is 2.47 bits per heavy atom. The number of oxazole rings is 1. The van der Waals surface area contributed by atoms with Gasteiger partial charge in [0, 0.05) is 11.4 Å². The third kappa shape index (κ3) is 1.92. The first-order chi connectivity index (χ1) is 8.36. The zero-order valence-electron chi connectivity index (χ0n) is 9.06. The summed E-state index contributed by atoms with van der Waals surface area (Å²) < 4.78 is 5.68. The van der Waals surface area contributed by atoms with E-state index in [4.69, 9.17) is 16.0 Å². The van der Waals surface area contributed by atoms with E-state index in [0.29, 0.717) is 11.8 Å². The van der Waals surface area contributed by atoms with Crippen molar-refractivity contribution in [1.82, 2.24) is 4.98 Å². The van der Waals surface area contributed by atoms with E-state index in [1.165, 1.54) is 0 Å². The van der Waals surface area contributed by atoms with E-state index in [9.17, 15) is 0 Å². The number of nitrogens with zero attached hydrogens (tertiary/aromatic N) is 1. The summed E-state index contributed by atoms with van der Waals surface area (Å²) in [6.45, 7) is 0. The van der Waals surface area contributed by atoms with Crippen LogP contribution in [0.4, 0.5) is 0 Å². The van der Waals surface area contributed by atoms with Crippen molar-refractivity contribution in [2.45, 2.75) is 5.88 Å². The van der Waals surface area contributed by atoms with Crippen LogP contribution < -0.4 is 0 Å². The summed E-state index contributed by atoms with van der Waals surface area (Å²) in [4.78, 5) is 4.44. The second-order valence-corrected chi connectivity index (χ2v) is 4.08. The summed E-state index contributed by atoms with van der Waals surface area (Å²) in [6.07, 6.45) is 0. The van der Waals surface area contributed by atoms with Crippen LogP contribution in [0, 0.1) is 0 Å². The monoisotopic (exact) mass is 243 g/mol. The van der Waals surface area contributed by atoms with E-state index in [0.717, 1.165) is 22.2 Å². The largest absolute Gasteiger partial charge is 0.436 e. The molecule has 2 aromatic carbocycles. The molecule has 3 aromatic rings. The Morgan fingerprint density at radius 1 is 1.00 bits per heavy atom. The average molecular weight is 244 g/mol. The highest BCUT2D eigenvalue weighted by Crippen LogP contribution is 2.24. The van der Waals surface area contributed by atoms with Crippen LogP contribution >= 0.6 is 11.6 Å². The number of hydrogen-bond donors (Lipinski definition) is 0. The van der Waals surface area contributed by atoms with Crippen LogP contribution in [0.15, 0.2) is 52.9 Å². The van der Waals surface area contributed by atoms with Crippen LogP contribution in [0.5, 0.6) is 0 Å². The summed E-state index contributed by atoms with van der Waals surface area (Å²) in [6, 6.07) is 15.7. The van der Waals surface area contributed by atoms with Gasteiger partial charge in [0.15, 0.2) is 5.58 Å². The molecule has 84 valence electrons. The minimum atomic E-state index is 0.522. The van der Waals surface area contributed by atoms with Crippen molar-refractivity contribution < 1.29 is 4.42 Å². The third-order valence-corrected chi connectivity index (χ3v) is 2.96. The number of para-hydroxylation sites is 2. The fourth-order valence-corrected chi connectivity index (χ4v) is 1.91. The molecular formula is C14H10ClNO. The highest BCUT2D eigenvalue weighted by atomic mass is 35.5. The van der Waals surface area contributed by atoms with Gasteiger partial charge in [0.1, 0.15) is 5.52 Å². The van der Waals surface area contributed by atoms with Crippen molar-refractivity contribution in [3.05, 3.63) is 54.1 Å².